The van der Waals surface area contributed by atoms with Crippen molar-refractivity contribution in [3.63, 3.8) is 0 Å². The minimum absolute atomic E-state index is 0.0431. The summed E-state index contributed by atoms with van der Waals surface area (Å²) in [4.78, 5) is 11.3. The van der Waals surface area contributed by atoms with Crippen LogP contribution in [0.25, 0.3) is 0 Å². The first-order chi connectivity index (χ1) is 14.9. The van der Waals surface area contributed by atoms with Crippen LogP contribution in [-0.2, 0) is 5.41 Å². The second kappa shape index (κ2) is 9.88. The molecular formula is C23H29Cl2N5S. The van der Waals surface area contributed by atoms with Gasteiger partial charge in [0, 0.05) is 36.1 Å². The lowest BCUT2D eigenvalue weighted by atomic mass is 9.79. The molecule has 0 amide bonds. The minimum atomic E-state index is 0.0431. The van der Waals surface area contributed by atoms with Crippen LogP contribution in [0.2, 0.25) is 10.2 Å². The van der Waals surface area contributed by atoms with E-state index in [1.165, 1.54) is 18.4 Å². The third-order valence-corrected chi connectivity index (χ3v) is 7.27. The Morgan fingerprint density at radius 3 is 2.61 bits per heavy atom. The smallest absolute Gasteiger partial charge is 0.232 e. The molecule has 2 fully saturated rings. The number of aromatic nitrogens is 2. The van der Waals surface area contributed by atoms with E-state index >= 15 is 0 Å². The molecule has 31 heavy (non-hydrogen) atoms. The SMILES string of the molecule is CC1CCN(c2cc(Cl)nc(NC(=S)NCC3(c4cccc(Cl)c4)CCCC3)n2)CC1. The van der Waals surface area contributed by atoms with Crippen LogP contribution in [0.3, 0.4) is 0 Å². The molecule has 166 valence electrons. The van der Waals surface area contributed by atoms with Gasteiger partial charge in [-0.3, -0.25) is 0 Å². The number of piperidine rings is 1. The van der Waals surface area contributed by atoms with Gasteiger partial charge >= 0.3 is 0 Å². The average Bonchev–Trinajstić information content (AvgIpc) is 3.23. The Balaban J connectivity index is 1.41. The molecule has 1 saturated heterocycles. The number of benzene rings is 1. The van der Waals surface area contributed by atoms with Crippen molar-refractivity contribution < 1.29 is 0 Å². The minimum Gasteiger partial charge on any atom is -0.361 e. The van der Waals surface area contributed by atoms with E-state index in [1.807, 2.05) is 18.2 Å². The lowest BCUT2D eigenvalue weighted by Crippen LogP contribution is -2.41. The fraction of sp³-hybridized carbons (Fsp3) is 0.522. The molecule has 0 unspecified atom stereocenters. The van der Waals surface area contributed by atoms with Crippen LogP contribution in [0.5, 0.6) is 0 Å². The molecule has 2 aromatic rings. The van der Waals surface area contributed by atoms with Crippen LogP contribution in [0.15, 0.2) is 30.3 Å². The van der Waals surface area contributed by atoms with Crippen molar-refractivity contribution in [1.82, 2.24) is 15.3 Å². The summed E-state index contributed by atoms with van der Waals surface area (Å²) in [7, 11) is 0. The monoisotopic (exact) mass is 477 g/mol. The summed E-state index contributed by atoms with van der Waals surface area (Å²) in [6, 6.07) is 10.0. The zero-order valence-electron chi connectivity index (χ0n) is 17.8. The zero-order valence-corrected chi connectivity index (χ0v) is 20.2. The molecule has 2 aliphatic rings. The van der Waals surface area contributed by atoms with Gasteiger partial charge in [0.05, 0.1) is 0 Å². The van der Waals surface area contributed by atoms with Gasteiger partial charge in [-0.1, -0.05) is 55.1 Å². The van der Waals surface area contributed by atoms with E-state index < -0.39 is 0 Å². The highest BCUT2D eigenvalue weighted by molar-refractivity contribution is 7.80. The average molecular weight is 478 g/mol. The Labute approximate surface area is 199 Å². The van der Waals surface area contributed by atoms with Gasteiger partial charge < -0.3 is 15.5 Å². The molecule has 5 nitrogen and oxygen atoms in total. The third kappa shape index (κ3) is 5.60. The molecule has 1 saturated carbocycles. The summed E-state index contributed by atoms with van der Waals surface area (Å²) in [5, 5.41) is 8.23. The van der Waals surface area contributed by atoms with Gasteiger partial charge in [-0.2, -0.15) is 4.98 Å². The van der Waals surface area contributed by atoms with Crippen LogP contribution >= 0.6 is 35.4 Å². The van der Waals surface area contributed by atoms with Crippen LogP contribution in [0.1, 0.15) is 51.0 Å². The number of thiocarbonyl (C=S) groups is 1. The lowest BCUT2D eigenvalue weighted by Gasteiger charge is -2.31. The van der Waals surface area contributed by atoms with Gasteiger partial charge in [0.15, 0.2) is 5.11 Å². The molecule has 2 N–H and O–H groups in total. The molecule has 1 aliphatic heterocycles. The lowest BCUT2D eigenvalue weighted by molar-refractivity contribution is 0.435. The maximum Gasteiger partial charge on any atom is 0.232 e. The van der Waals surface area contributed by atoms with Crippen LogP contribution in [-0.4, -0.2) is 34.7 Å². The van der Waals surface area contributed by atoms with Gasteiger partial charge in [0.25, 0.3) is 0 Å². The predicted molar refractivity (Wildman–Crippen MR) is 133 cm³/mol. The summed E-state index contributed by atoms with van der Waals surface area (Å²) in [5.41, 5.74) is 1.31. The molecule has 1 aliphatic carbocycles. The molecule has 0 radical (unpaired) electrons. The van der Waals surface area contributed by atoms with Gasteiger partial charge in [-0.05, 0) is 61.5 Å². The molecule has 0 bridgehead atoms. The topological polar surface area (TPSA) is 53.1 Å². The number of hydrogen-bond donors (Lipinski definition) is 2. The van der Waals surface area contributed by atoms with E-state index in [0.717, 1.165) is 62.1 Å². The Hall–Kier alpha value is -1.63. The van der Waals surface area contributed by atoms with Gasteiger partial charge in [0.2, 0.25) is 5.95 Å². The molecule has 1 aromatic carbocycles. The van der Waals surface area contributed by atoms with E-state index in [0.29, 0.717) is 16.2 Å². The van der Waals surface area contributed by atoms with Gasteiger partial charge in [-0.25, -0.2) is 4.98 Å². The summed E-state index contributed by atoms with van der Waals surface area (Å²) < 4.78 is 0. The molecule has 0 atom stereocenters. The van der Waals surface area contributed by atoms with Crippen molar-refractivity contribution in [1.29, 1.82) is 0 Å². The largest absolute Gasteiger partial charge is 0.361 e. The first-order valence-electron chi connectivity index (χ1n) is 11.0. The normalized spacial score (nSPS) is 18.7. The van der Waals surface area contributed by atoms with E-state index in [1.54, 1.807) is 0 Å². The second-order valence-electron chi connectivity index (χ2n) is 8.85. The Morgan fingerprint density at radius 2 is 1.90 bits per heavy atom. The standard InChI is InChI=1S/C23H29Cl2N5S/c1-16-7-11-30(12-8-16)20-14-19(25)27-21(28-20)29-22(31)26-15-23(9-2-3-10-23)17-5-4-6-18(24)13-17/h4-6,13-14,16H,2-3,7-12,15H2,1H3,(H2,26,27,28,29,31). The van der Waals surface area contributed by atoms with Gasteiger partial charge in [0.1, 0.15) is 11.0 Å². The summed E-state index contributed by atoms with van der Waals surface area (Å²) in [6.45, 7) is 5.01. The van der Waals surface area contributed by atoms with Crippen molar-refractivity contribution in [3.05, 3.63) is 46.1 Å². The van der Waals surface area contributed by atoms with Crippen molar-refractivity contribution in [2.45, 2.75) is 50.9 Å². The fourth-order valence-electron chi connectivity index (χ4n) is 4.69. The fourth-order valence-corrected chi connectivity index (χ4v) is 5.23. The second-order valence-corrected chi connectivity index (χ2v) is 10.1. The van der Waals surface area contributed by atoms with E-state index in [9.17, 15) is 0 Å². The summed E-state index contributed by atoms with van der Waals surface area (Å²) >= 11 is 18.1. The van der Waals surface area contributed by atoms with E-state index in [4.69, 9.17) is 35.4 Å². The number of anilines is 2. The van der Waals surface area contributed by atoms with Crippen LogP contribution in [0, 0.1) is 5.92 Å². The van der Waals surface area contributed by atoms with E-state index in [2.05, 4.69) is 44.6 Å². The highest BCUT2D eigenvalue weighted by Crippen LogP contribution is 2.41. The molecule has 0 spiro atoms. The Kier molecular flexibility index (Phi) is 7.19. The number of nitrogens with zero attached hydrogens (tertiary/aromatic N) is 3. The summed E-state index contributed by atoms with van der Waals surface area (Å²) in [6.07, 6.45) is 6.99. The number of hydrogen-bond acceptors (Lipinski definition) is 4. The highest BCUT2D eigenvalue weighted by atomic mass is 35.5. The van der Waals surface area contributed by atoms with Crippen molar-refractivity contribution in [3.8, 4) is 0 Å². The predicted octanol–water partition coefficient (Wildman–Crippen LogP) is 5.82. The number of rotatable bonds is 5. The Morgan fingerprint density at radius 1 is 1.16 bits per heavy atom. The third-order valence-electron chi connectivity index (χ3n) is 6.60. The quantitative estimate of drug-likeness (QED) is 0.417. The molecule has 8 heteroatoms. The van der Waals surface area contributed by atoms with Crippen LogP contribution < -0.4 is 15.5 Å². The molecule has 2 heterocycles. The highest BCUT2D eigenvalue weighted by Gasteiger charge is 2.35. The molecule has 1 aromatic heterocycles. The molecule has 4 rings (SSSR count). The van der Waals surface area contributed by atoms with Crippen molar-refractivity contribution in [2.75, 3.05) is 29.9 Å². The first-order valence-corrected chi connectivity index (χ1v) is 12.2. The van der Waals surface area contributed by atoms with Crippen molar-refractivity contribution >= 4 is 52.3 Å². The maximum absolute atomic E-state index is 6.29. The van der Waals surface area contributed by atoms with Crippen LogP contribution in [0.4, 0.5) is 11.8 Å². The summed E-state index contributed by atoms with van der Waals surface area (Å²) in [5.74, 6) is 2.04. The van der Waals surface area contributed by atoms with Crippen molar-refractivity contribution in [2.24, 2.45) is 5.92 Å². The van der Waals surface area contributed by atoms with Gasteiger partial charge in [-0.15, -0.1) is 0 Å². The Bertz CT molecular complexity index is 924. The van der Waals surface area contributed by atoms with E-state index in [-0.39, 0.29) is 5.41 Å². The molecular weight excluding hydrogens is 449 g/mol. The number of halogens is 2. The maximum atomic E-state index is 6.29. The zero-order chi connectivity index (χ0) is 21.8. The number of nitrogens with one attached hydrogen (secondary N) is 2. The first kappa shape index (κ1) is 22.6.